The minimum absolute atomic E-state index is 0.0210. The van der Waals surface area contributed by atoms with Gasteiger partial charge in [-0.1, -0.05) is 0 Å². The summed E-state index contributed by atoms with van der Waals surface area (Å²) in [5.41, 5.74) is 5.44. The van der Waals surface area contributed by atoms with Crippen LogP contribution in [0.1, 0.15) is 25.3 Å². The van der Waals surface area contributed by atoms with Gasteiger partial charge in [0.1, 0.15) is 4.90 Å². The van der Waals surface area contributed by atoms with Gasteiger partial charge in [0.05, 0.1) is 30.1 Å². The van der Waals surface area contributed by atoms with Crippen LogP contribution < -0.4 is 15.6 Å². The number of pyridine rings is 1. The van der Waals surface area contributed by atoms with Gasteiger partial charge in [-0.3, -0.25) is 10.9 Å². The Labute approximate surface area is 177 Å². The van der Waals surface area contributed by atoms with Crippen molar-refractivity contribution in [1.29, 1.82) is 0 Å². The average Bonchev–Trinajstić information content (AvgIpc) is 3.36. The van der Waals surface area contributed by atoms with Crippen molar-refractivity contribution in [3.63, 3.8) is 0 Å². The first kappa shape index (κ1) is 22.1. The van der Waals surface area contributed by atoms with Crippen LogP contribution in [0.2, 0.25) is 0 Å². The predicted octanol–water partition coefficient (Wildman–Crippen LogP) is 1.22. The number of alkyl halides is 3. The molecule has 5 atom stereocenters. The van der Waals surface area contributed by atoms with E-state index in [0.717, 1.165) is 41.8 Å². The van der Waals surface area contributed by atoms with Crippen LogP contribution in [0.25, 0.3) is 5.82 Å². The predicted molar refractivity (Wildman–Crippen MR) is 104 cm³/mol. The molecule has 1 aliphatic heterocycles. The van der Waals surface area contributed by atoms with E-state index < -0.39 is 27.8 Å². The van der Waals surface area contributed by atoms with E-state index in [9.17, 15) is 21.6 Å². The van der Waals surface area contributed by atoms with E-state index in [1.54, 1.807) is 7.11 Å². The van der Waals surface area contributed by atoms with Crippen LogP contribution in [0, 0.1) is 5.92 Å². The molecule has 0 bridgehead atoms. The maximum Gasteiger partial charge on any atom is 0.416 e. The van der Waals surface area contributed by atoms with Crippen molar-refractivity contribution in [1.82, 2.24) is 30.3 Å². The van der Waals surface area contributed by atoms with Gasteiger partial charge in [0.2, 0.25) is 10.0 Å². The number of nitrogens with one attached hydrogen (secondary N) is 3. The molecule has 2 aromatic heterocycles. The Balaban J connectivity index is 1.59. The molecule has 0 radical (unpaired) electrons. The fourth-order valence-corrected chi connectivity index (χ4v) is 5.56. The van der Waals surface area contributed by atoms with Gasteiger partial charge in [0.15, 0.2) is 5.82 Å². The third-order valence-corrected chi connectivity index (χ3v) is 7.30. The number of sulfonamides is 1. The van der Waals surface area contributed by atoms with Crippen molar-refractivity contribution in [2.24, 2.45) is 5.92 Å². The Kier molecular flexibility index (Phi) is 5.81. The standard InChI is InChI=1S/C18H23F3N6O3S/c1-10-16-13(25-24-10)3-4-14(30-2)17(16)26-31(28,29)12-8-23-27(9-12)15-7-11(5-6-22-15)18(19,20)21/h5-10,13-14,16-17,24-26H,3-4H2,1-2H3. The first-order chi connectivity index (χ1) is 14.6. The first-order valence-electron chi connectivity index (χ1n) is 9.74. The van der Waals surface area contributed by atoms with Crippen LogP contribution in [-0.4, -0.2) is 54.5 Å². The van der Waals surface area contributed by atoms with Gasteiger partial charge in [0.25, 0.3) is 0 Å². The number of nitrogens with zero attached hydrogens (tertiary/aromatic N) is 3. The molecule has 1 saturated carbocycles. The molecular weight excluding hydrogens is 437 g/mol. The molecule has 0 spiro atoms. The summed E-state index contributed by atoms with van der Waals surface area (Å²) in [6.07, 6.45) is -0.104. The van der Waals surface area contributed by atoms with Crippen molar-refractivity contribution >= 4 is 10.0 Å². The summed E-state index contributed by atoms with van der Waals surface area (Å²) in [7, 11) is -2.46. The molecule has 0 amide bonds. The average molecular weight is 460 g/mol. The number of hydrazine groups is 1. The molecule has 3 N–H and O–H groups in total. The molecule has 170 valence electrons. The van der Waals surface area contributed by atoms with Crippen molar-refractivity contribution in [3.05, 3.63) is 36.3 Å². The van der Waals surface area contributed by atoms with E-state index in [4.69, 9.17) is 4.74 Å². The summed E-state index contributed by atoms with van der Waals surface area (Å²) < 4.78 is 74.3. The van der Waals surface area contributed by atoms with Crippen molar-refractivity contribution in [3.8, 4) is 5.82 Å². The van der Waals surface area contributed by atoms with E-state index in [2.05, 4.69) is 25.7 Å². The van der Waals surface area contributed by atoms with Crippen LogP contribution in [0.5, 0.6) is 0 Å². The number of fused-ring (bicyclic) bond motifs is 1. The lowest BCUT2D eigenvalue weighted by atomic mass is 9.77. The zero-order valence-electron chi connectivity index (χ0n) is 16.8. The fourth-order valence-electron chi connectivity index (χ4n) is 4.33. The zero-order chi connectivity index (χ0) is 22.4. The lowest BCUT2D eigenvalue weighted by Gasteiger charge is -2.39. The molecule has 3 heterocycles. The summed E-state index contributed by atoms with van der Waals surface area (Å²) in [5.74, 6) is -0.171. The number of aromatic nitrogens is 3. The van der Waals surface area contributed by atoms with Gasteiger partial charge in [0, 0.05) is 31.3 Å². The molecule has 2 fully saturated rings. The number of ether oxygens (including phenoxy) is 1. The summed E-state index contributed by atoms with van der Waals surface area (Å²) in [4.78, 5) is 3.69. The van der Waals surface area contributed by atoms with E-state index in [1.165, 1.54) is 0 Å². The monoisotopic (exact) mass is 460 g/mol. The highest BCUT2D eigenvalue weighted by Crippen LogP contribution is 2.33. The van der Waals surface area contributed by atoms with Crippen LogP contribution in [0.15, 0.2) is 35.6 Å². The second-order valence-electron chi connectivity index (χ2n) is 7.78. The van der Waals surface area contributed by atoms with E-state index in [1.807, 2.05) is 6.92 Å². The Morgan fingerprint density at radius 1 is 1.29 bits per heavy atom. The van der Waals surface area contributed by atoms with Crippen LogP contribution >= 0.6 is 0 Å². The molecule has 13 heteroatoms. The number of hydrogen-bond donors (Lipinski definition) is 3. The fraction of sp³-hybridized carbons (Fsp3) is 0.556. The highest BCUT2D eigenvalue weighted by molar-refractivity contribution is 7.89. The number of methoxy groups -OCH3 is 1. The summed E-state index contributed by atoms with van der Waals surface area (Å²) in [6, 6.07) is 1.28. The minimum atomic E-state index is -4.55. The van der Waals surface area contributed by atoms with Crippen molar-refractivity contribution < 1.29 is 26.3 Å². The highest BCUT2D eigenvalue weighted by atomic mass is 32.2. The maximum absolute atomic E-state index is 13.1. The number of rotatable bonds is 5. The summed E-state index contributed by atoms with van der Waals surface area (Å²) in [5, 5.41) is 3.90. The summed E-state index contributed by atoms with van der Waals surface area (Å²) in [6.45, 7) is 1.97. The smallest absolute Gasteiger partial charge is 0.380 e. The molecule has 1 saturated heterocycles. The Hall–Kier alpha value is -2.06. The molecule has 2 aliphatic rings. The highest BCUT2D eigenvalue weighted by Gasteiger charge is 2.47. The van der Waals surface area contributed by atoms with Crippen LogP contribution in [0.3, 0.4) is 0 Å². The lowest BCUT2D eigenvalue weighted by Crippen LogP contribution is -2.57. The van der Waals surface area contributed by atoms with Crippen LogP contribution in [0.4, 0.5) is 13.2 Å². The minimum Gasteiger partial charge on any atom is -0.380 e. The summed E-state index contributed by atoms with van der Waals surface area (Å²) >= 11 is 0. The molecule has 4 rings (SSSR count). The SMILES string of the molecule is COC1CCC2NNC(C)C2C1NS(=O)(=O)c1cnn(-c2cc(C(F)(F)F)ccn2)c1. The van der Waals surface area contributed by atoms with E-state index >= 15 is 0 Å². The van der Waals surface area contributed by atoms with Gasteiger partial charge < -0.3 is 4.74 Å². The van der Waals surface area contributed by atoms with Gasteiger partial charge in [-0.15, -0.1) is 0 Å². The molecule has 1 aliphatic carbocycles. The van der Waals surface area contributed by atoms with E-state index in [0.29, 0.717) is 6.42 Å². The molecule has 31 heavy (non-hydrogen) atoms. The third kappa shape index (κ3) is 4.32. The maximum atomic E-state index is 13.1. The van der Waals surface area contributed by atoms with Gasteiger partial charge in [-0.05, 0) is 31.9 Å². The normalized spacial score (nSPS) is 29.1. The molecule has 0 aromatic carbocycles. The quantitative estimate of drug-likeness (QED) is 0.616. The molecule has 5 unspecified atom stereocenters. The van der Waals surface area contributed by atoms with Crippen LogP contribution in [-0.2, 0) is 20.9 Å². The number of hydrogen-bond acceptors (Lipinski definition) is 7. The topological polar surface area (TPSA) is 110 Å². The van der Waals surface area contributed by atoms with Crippen molar-refractivity contribution in [2.45, 2.75) is 55.1 Å². The number of halogens is 3. The Morgan fingerprint density at radius 2 is 2.06 bits per heavy atom. The molecular formula is C18H23F3N6O3S. The Bertz CT molecular complexity index is 1040. The molecule has 9 nitrogen and oxygen atoms in total. The van der Waals surface area contributed by atoms with E-state index in [-0.39, 0.29) is 34.8 Å². The molecule has 2 aromatic rings. The van der Waals surface area contributed by atoms with Gasteiger partial charge in [-0.2, -0.15) is 18.3 Å². The first-order valence-corrected chi connectivity index (χ1v) is 11.2. The second-order valence-corrected chi connectivity index (χ2v) is 9.49. The third-order valence-electron chi connectivity index (χ3n) is 5.89. The zero-order valence-corrected chi connectivity index (χ0v) is 17.6. The van der Waals surface area contributed by atoms with Gasteiger partial charge in [-0.25, -0.2) is 22.8 Å². The van der Waals surface area contributed by atoms with Crippen molar-refractivity contribution in [2.75, 3.05) is 7.11 Å². The largest absolute Gasteiger partial charge is 0.416 e. The lowest BCUT2D eigenvalue weighted by molar-refractivity contribution is -0.137. The van der Waals surface area contributed by atoms with Gasteiger partial charge >= 0.3 is 6.18 Å². The Morgan fingerprint density at radius 3 is 2.77 bits per heavy atom. The second kappa shape index (κ2) is 8.13.